The molecule has 0 spiro atoms. The summed E-state index contributed by atoms with van der Waals surface area (Å²) in [5, 5.41) is 2.52. The number of hydrogen-bond acceptors (Lipinski definition) is 3. The van der Waals surface area contributed by atoms with E-state index in [4.69, 9.17) is 5.73 Å². The molecule has 5 heteroatoms. The highest BCUT2D eigenvalue weighted by molar-refractivity contribution is 6.42. The van der Waals surface area contributed by atoms with Crippen LogP contribution in [0.4, 0.5) is 17.1 Å². The Bertz CT molecular complexity index is 624. The van der Waals surface area contributed by atoms with E-state index in [0.29, 0.717) is 23.6 Å². The maximum Gasteiger partial charge on any atom is 0.320 e. The normalized spacial score (nSPS) is 9.95. The number of nitrogens with one attached hydrogen (secondary N) is 1. The minimum atomic E-state index is -0.641. The average molecular weight is 283 g/mol. The van der Waals surface area contributed by atoms with E-state index in [0.717, 1.165) is 0 Å². The van der Waals surface area contributed by atoms with Gasteiger partial charge in [0.05, 0.1) is 0 Å². The lowest BCUT2D eigenvalue weighted by molar-refractivity contribution is -0.137. The number of carbonyl (C=O) groups is 2. The van der Waals surface area contributed by atoms with E-state index in [9.17, 15) is 9.59 Å². The van der Waals surface area contributed by atoms with Crippen molar-refractivity contribution in [2.45, 2.75) is 6.92 Å². The van der Waals surface area contributed by atoms with Crippen LogP contribution in [-0.2, 0) is 9.59 Å². The van der Waals surface area contributed by atoms with Crippen molar-refractivity contribution in [1.29, 1.82) is 0 Å². The fraction of sp³-hybridized carbons (Fsp3) is 0.125. The van der Waals surface area contributed by atoms with E-state index in [-0.39, 0.29) is 0 Å². The summed E-state index contributed by atoms with van der Waals surface area (Å²) >= 11 is 0. The first kappa shape index (κ1) is 14.6. The molecule has 108 valence electrons. The Kier molecular flexibility index (Phi) is 4.56. The second-order valence-corrected chi connectivity index (χ2v) is 4.43. The van der Waals surface area contributed by atoms with Gasteiger partial charge in [-0.25, -0.2) is 0 Å². The summed E-state index contributed by atoms with van der Waals surface area (Å²) in [5.74, 6) is -1.27. The molecule has 0 bridgehead atoms. The molecule has 2 rings (SSSR count). The Labute approximate surface area is 123 Å². The lowest BCUT2D eigenvalue weighted by Gasteiger charge is -2.22. The van der Waals surface area contributed by atoms with Crippen LogP contribution in [0.15, 0.2) is 54.6 Å². The molecule has 0 unspecified atom stereocenters. The third-order valence-electron chi connectivity index (χ3n) is 2.90. The van der Waals surface area contributed by atoms with Gasteiger partial charge in [-0.05, 0) is 43.3 Å². The fourth-order valence-electron chi connectivity index (χ4n) is 1.92. The summed E-state index contributed by atoms with van der Waals surface area (Å²) < 4.78 is 0. The van der Waals surface area contributed by atoms with Crippen LogP contribution in [0.25, 0.3) is 0 Å². The number of nitrogens with zero attached hydrogens (tertiary/aromatic N) is 1. The quantitative estimate of drug-likeness (QED) is 0.669. The lowest BCUT2D eigenvalue weighted by atomic mass is 10.2. The van der Waals surface area contributed by atoms with Crippen molar-refractivity contribution in [3.63, 3.8) is 0 Å². The van der Waals surface area contributed by atoms with Gasteiger partial charge in [-0.1, -0.05) is 18.2 Å². The van der Waals surface area contributed by atoms with Gasteiger partial charge in [0.25, 0.3) is 0 Å². The molecule has 2 aromatic carbocycles. The first-order chi connectivity index (χ1) is 10.1. The largest absolute Gasteiger partial charge is 0.399 e. The predicted molar refractivity (Wildman–Crippen MR) is 83.1 cm³/mol. The molecule has 0 saturated heterocycles. The van der Waals surface area contributed by atoms with E-state index >= 15 is 0 Å². The van der Waals surface area contributed by atoms with E-state index in [1.54, 1.807) is 43.3 Å². The van der Waals surface area contributed by atoms with Crippen LogP contribution in [0.3, 0.4) is 0 Å². The van der Waals surface area contributed by atoms with Crippen molar-refractivity contribution >= 4 is 28.9 Å². The van der Waals surface area contributed by atoms with Gasteiger partial charge >= 0.3 is 11.8 Å². The number of anilines is 3. The smallest absolute Gasteiger partial charge is 0.320 e. The molecule has 2 aromatic rings. The maximum absolute atomic E-state index is 12.4. The Morgan fingerprint density at radius 3 is 2.14 bits per heavy atom. The second-order valence-electron chi connectivity index (χ2n) is 4.43. The molecule has 0 aliphatic rings. The highest BCUT2D eigenvalue weighted by Crippen LogP contribution is 2.26. The SMILES string of the molecule is CCNC(=O)C(=O)N(c1ccccc1)c1ccc(N)cc1. The summed E-state index contributed by atoms with van der Waals surface area (Å²) in [7, 11) is 0. The van der Waals surface area contributed by atoms with E-state index in [1.807, 2.05) is 18.2 Å². The number of amides is 2. The monoisotopic (exact) mass is 283 g/mol. The summed E-state index contributed by atoms with van der Waals surface area (Å²) in [6.45, 7) is 2.16. The summed E-state index contributed by atoms with van der Waals surface area (Å²) in [6, 6.07) is 15.8. The van der Waals surface area contributed by atoms with Gasteiger partial charge in [0.1, 0.15) is 0 Å². The number of rotatable bonds is 3. The number of benzene rings is 2. The molecule has 0 atom stereocenters. The van der Waals surface area contributed by atoms with Crippen LogP contribution in [0.2, 0.25) is 0 Å². The standard InChI is InChI=1S/C16H17N3O2/c1-2-18-15(20)16(21)19(13-6-4-3-5-7-13)14-10-8-12(17)9-11-14/h3-11H,2,17H2,1H3,(H,18,20). The molecule has 0 aliphatic carbocycles. The third-order valence-corrected chi connectivity index (χ3v) is 2.90. The van der Waals surface area contributed by atoms with Crippen molar-refractivity contribution < 1.29 is 9.59 Å². The lowest BCUT2D eigenvalue weighted by Crippen LogP contribution is -2.40. The van der Waals surface area contributed by atoms with E-state index < -0.39 is 11.8 Å². The highest BCUT2D eigenvalue weighted by Gasteiger charge is 2.24. The third kappa shape index (κ3) is 3.39. The van der Waals surface area contributed by atoms with Crippen molar-refractivity contribution in [3.05, 3.63) is 54.6 Å². The molecule has 5 nitrogen and oxygen atoms in total. The minimum Gasteiger partial charge on any atom is -0.399 e. The molecule has 0 fully saturated rings. The predicted octanol–water partition coefficient (Wildman–Crippen LogP) is 2.07. The first-order valence-electron chi connectivity index (χ1n) is 6.66. The number of nitrogen functional groups attached to an aromatic ring is 1. The van der Waals surface area contributed by atoms with Gasteiger partial charge in [-0.2, -0.15) is 0 Å². The molecule has 0 aliphatic heterocycles. The Morgan fingerprint density at radius 2 is 1.57 bits per heavy atom. The zero-order valence-corrected chi connectivity index (χ0v) is 11.7. The Hall–Kier alpha value is -2.82. The minimum absolute atomic E-state index is 0.398. The van der Waals surface area contributed by atoms with Crippen molar-refractivity contribution in [2.75, 3.05) is 17.2 Å². The molecular weight excluding hydrogens is 266 g/mol. The van der Waals surface area contributed by atoms with Crippen molar-refractivity contribution in [1.82, 2.24) is 5.32 Å². The molecule has 2 amide bonds. The second kappa shape index (κ2) is 6.56. The van der Waals surface area contributed by atoms with Crippen molar-refractivity contribution in [3.8, 4) is 0 Å². The van der Waals surface area contributed by atoms with E-state index in [1.165, 1.54) is 4.90 Å². The molecule has 0 radical (unpaired) electrons. The molecule has 0 aromatic heterocycles. The number of likely N-dealkylation sites (N-methyl/N-ethyl adjacent to an activating group) is 1. The molecule has 21 heavy (non-hydrogen) atoms. The molecular formula is C16H17N3O2. The Morgan fingerprint density at radius 1 is 1.00 bits per heavy atom. The summed E-state index contributed by atoms with van der Waals surface area (Å²) in [5.41, 5.74) is 7.47. The van der Waals surface area contributed by atoms with Gasteiger partial charge in [0.2, 0.25) is 0 Å². The van der Waals surface area contributed by atoms with Gasteiger partial charge in [0.15, 0.2) is 0 Å². The summed E-state index contributed by atoms with van der Waals surface area (Å²) in [4.78, 5) is 25.6. The molecule has 0 heterocycles. The van der Waals surface area contributed by atoms with Gasteiger partial charge < -0.3 is 11.1 Å². The van der Waals surface area contributed by atoms with Gasteiger partial charge in [0, 0.05) is 23.6 Å². The number of hydrogen-bond donors (Lipinski definition) is 2. The topological polar surface area (TPSA) is 75.4 Å². The van der Waals surface area contributed by atoms with Crippen molar-refractivity contribution in [2.24, 2.45) is 0 Å². The fourth-order valence-corrected chi connectivity index (χ4v) is 1.92. The van der Waals surface area contributed by atoms with E-state index in [2.05, 4.69) is 5.32 Å². The number of carbonyl (C=O) groups excluding carboxylic acids is 2. The zero-order valence-electron chi connectivity index (χ0n) is 11.7. The van der Waals surface area contributed by atoms with Gasteiger partial charge in [-0.15, -0.1) is 0 Å². The van der Waals surface area contributed by atoms with Gasteiger partial charge in [-0.3, -0.25) is 14.5 Å². The highest BCUT2D eigenvalue weighted by atomic mass is 16.2. The maximum atomic E-state index is 12.4. The van der Waals surface area contributed by atoms with Crippen LogP contribution in [0, 0.1) is 0 Å². The number of para-hydroxylation sites is 1. The van der Waals surface area contributed by atoms with Crippen LogP contribution >= 0.6 is 0 Å². The van der Waals surface area contributed by atoms with Crippen LogP contribution < -0.4 is 16.0 Å². The molecule has 3 N–H and O–H groups in total. The average Bonchev–Trinajstić information content (AvgIpc) is 2.50. The first-order valence-corrected chi connectivity index (χ1v) is 6.66. The van der Waals surface area contributed by atoms with Crippen LogP contribution in [0.5, 0.6) is 0 Å². The molecule has 0 saturated carbocycles. The number of nitrogens with two attached hydrogens (primary N) is 1. The Balaban J connectivity index is 2.42. The summed E-state index contributed by atoms with van der Waals surface area (Å²) in [6.07, 6.45) is 0. The van der Waals surface area contributed by atoms with Crippen LogP contribution in [-0.4, -0.2) is 18.4 Å². The van der Waals surface area contributed by atoms with Crippen LogP contribution in [0.1, 0.15) is 6.92 Å². The zero-order chi connectivity index (χ0) is 15.2.